The highest BCUT2D eigenvalue weighted by atomic mass is 35.5. The third kappa shape index (κ3) is 6.46. The number of alkyl halides is 2. The van der Waals surface area contributed by atoms with Gasteiger partial charge in [0.25, 0.3) is 6.43 Å². The molecular formula is C29H33ClF2N6O3. The Labute approximate surface area is 242 Å². The van der Waals surface area contributed by atoms with Crippen LogP contribution in [0.5, 0.6) is 0 Å². The molecule has 0 radical (unpaired) electrons. The van der Waals surface area contributed by atoms with Crippen LogP contribution in [0.1, 0.15) is 47.8 Å². The predicted molar refractivity (Wildman–Crippen MR) is 154 cm³/mol. The van der Waals surface area contributed by atoms with Crippen LogP contribution in [-0.4, -0.2) is 77.5 Å². The van der Waals surface area contributed by atoms with E-state index in [0.29, 0.717) is 37.5 Å². The molecule has 1 unspecified atom stereocenters. The normalized spacial score (nSPS) is 18.2. The number of benzene rings is 2. The number of hydrogen-bond acceptors (Lipinski definition) is 6. The first kappa shape index (κ1) is 28.8. The first-order valence-electron chi connectivity index (χ1n) is 13.7. The van der Waals surface area contributed by atoms with Gasteiger partial charge in [0.2, 0.25) is 5.91 Å². The summed E-state index contributed by atoms with van der Waals surface area (Å²) in [5, 5.41) is 14.0. The van der Waals surface area contributed by atoms with E-state index in [0.717, 1.165) is 61.3 Å². The van der Waals surface area contributed by atoms with Gasteiger partial charge in [0.1, 0.15) is 11.3 Å². The molecule has 5 rings (SSSR count). The van der Waals surface area contributed by atoms with Gasteiger partial charge < -0.3 is 20.6 Å². The summed E-state index contributed by atoms with van der Waals surface area (Å²) in [6, 6.07) is 13.6. The van der Waals surface area contributed by atoms with Gasteiger partial charge in [0.15, 0.2) is 0 Å². The summed E-state index contributed by atoms with van der Waals surface area (Å²) in [5.74, 6) is -1.69. The number of piperazine rings is 1. The fourth-order valence-electron chi connectivity index (χ4n) is 5.78. The highest BCUT2D eigenvalue weighted by Crippen LogP contribution is 2.38. The van der Waals surface area contributed by atoms with E-state index in [-0.39, 0.29) is 5.91 Å². The van der Waals surface area contributed by atoms with Crippen LogP contribution < -0.4 is 15.5 Å². The van der Waals surface area contributed by atoms with E-state index in [1.165, 1.54) is 4.68 Å². The van der Waals surface area contributed by atoms with Crippen molar-refractivity contribution < 1.29 is 23.5 Å². The maximum Gasteiger partial charge on any atom is 0.339 e. The van der Waals surface area contributed by atoms with Crippen molar-refractivity contribution in [3.8, 4) is 11.1 Å². The molecule has 9 nitrogen and oxygen atoms in total. The molecule has 41 heavy (non-hydrogen) atoms. The van der Waals surface area contributed by atoms with Crippen molar-refractivity contribution in [2.75, 3.05) is 55.6 Å². The number of carbonyl (C=O) groups is 2. The fourth-order valence-corrected chi connectivity index (χ4v) is 5.94. The van der Waals surface area contributed by atoms with E-state index in [1.807, 2.05) is 18.2 Å². The number of carbonyl (C=O) groups excluding carboxylic acids is 1. The minimum atomic E-state index is -2.95. The number of hydrogen-bond donors (Lipinski definition) is 2. The number of aromatic nitrogens is 2. The second-order valence-corrected chi connectivity index (χ2v) is 10.9. The molecule has 3 aromatic rings. The minimum Gasteiger partial charge on any atom is -0.478 e. The van der Waals surface area contributed by atoms with Crippen LogP contribution in [-0.2, 0) is 4.79 Å². The van der Waals surface area contributed by atoms with Gasteiger partial charge in [-0.3, -0.25) is 14.4 Å². The number of carboxylic acid groups (broad SMARTS) is 1. The number of amides is 1. The Hall–Kier alpha value is -3.70. The van der Waals surface area contributed by atoms with Gasteiger partial charge in [0, 0.05) is 74.2 Å². The van der Waals surface area contributed by atoms with E-state index in [1.54, 1.807) is 0 Å². The number of aromatic carboxylic acids is 1. The third-order valence-electron chi connectivity index (χ3n) is 7.90. The predicted octanol–water partition coefficient (Wildman–Crippen LogP) is 4.68. The molecule has 1 atom stereocenters. The molecule has 12 heteroatoms. The standard InChI is InChI=1S/C29H33ClF2N6O3/c30-20-5-8-23(19-3-6-21(7-4-19)36-14-12-35(13-15-36)11-9-26(33)39)25(16-20)37-10-1-2-22(18-37)38-27(28(31)32)24(17-34-38)29(40)41/h3-8,16-17,22,28H,1-2,9-15,18H2,(H2,33,39)(H,40,41). The molecule has 0 spiro atoms. The number of primary amides is 1. The molecule has 1 amide bonds. The van der Waals surface area contributed by atoms with Crippen LogP contribution in [0.3, 0.4) is 0 Å². The fraction of sp³-hybridized carbons (Fsp3) is 0.414. The number of rotatable bonds is 9. The van der Waals surface area contributed by atoms with Gasteiger partial charge in [-0.25, -0.2) is 13.6 Å². The highest BCUT2D eigenvalue weighted by molar-refractivity contribution is 6.31. The summed E-state index contributed by atoms with van der Waals surface area (Å²) >= 11 is 6.42. The summed E-state index contributed by atoms with van der Waals surface area (Å²) in [5.41, 5.74) is 8.24. The van der Waals surface area contributed by atoms with Gasteiger partial charge in [-0.2, -0.15) is 5.10 Å². The number of anilines is 2. The maximum absolute atomic E-state index is 13.9. The zero-order chi connectivity index (χ0) is 29.1. The van der Waals surface area contributed by atoms with Gasteiger partial charge in [-0.05, 0) is 42.7 Å². The Morgan fingerprint density at radius 2 is 1.78 bits per heavy atom. The van der Waals surface area contributed by atoms with Gasteiger partial charge in [0.05, 0.1) is 12.2 Å². The number of piperidine rings is 1. The molecule has 1 aromatic heterocycles. The Kier molecular flexibility index (Phi) is 8.74. The summed E-state index contributed by atoms with van der Waals surface area (Å²) in [6.45, 7) is 5.23. The quantitative estimate of drug-likeness (QED) is 0.375. The lowest BCUT2D eigenvalue weighted by atomic mass is 9.99. The van der Waals surface area contributed by atoms with E-state index < -0.39 is 29.7 Å². The smallest absolute Gasteiger partial charge is 0.339 e. The Morgan fingerprint density at radius 1 is 1.05 bits per heavy atom. The molecule has 0 aliphatic carbocycles. The maximum atomic E-state index is 13.9. The number of carboxylic acids is 1. The average molecular weight is 587 g/mol. The molecule has 2 aromatic carbocycles. The monoisotopic (exact) mass is 586 g/mol. The zero-order valence-corrected chi connectivity index (χ0v) is 23.3. The lowest BCUT2D eigenvalue weighted by molar-refractivity contribution is -0.118. The number of nitrogens with two attached hydrogens (primary N) is 1. The molecule has 3 heterocycles. The third-order valence-corrected chi connectivity index (χ3v) is 8.14. The van der Waals surface area contributed by atoms with E-state index >= 15 is 0 Å². The second kappa shape index (κ2) is 12.4. The Balaban J connectivity index is 1.34. The van der Waals surface area contributed by atoms with E-state index in [9.17, 15) is 23.5 Å². The molecule has 2 fully saturated rings. The van der Waals surface area contributed by atoms with Crippen LogP contribution in [0, 0.1) is 0 Å². The highest BCUT2D eigenvalue weighted by Gasteiger charge is 2.31. The molecule has 0 bridgehead atoms. The Bertz CT molecular complexity index is 1390. The number of nitrogens with zero attached hydrogens (tertiary/aromatic N) is 5. The van der Waals surface area contributed by atoms with Gasteiger partial charge in [-0.15, -0.1) is 0 Å². The summed E-state index contributed by atoms with van der Waals surface area (Å²) in [7, 11) is 0. The van der Waals surface area contributed by atoms with Crippen molar-refractivity contribution in [3.05, 3.63) is 64.9 Å². The zero-order valence-electron chi connectivity index (χ0n) is 22.6. The molecule has 0 saturated carbocycles. The van der Waals surface area contributed by atoms with E-state index in [4.69, 9.17) is 17.3 Å². The largest absolute Gasteiger partial charge is 0.478 e. The first-order valence-corrected chi connectivity index (χ1v) is 14.1. The minimum absolute atomic E-state index is 0.281. The topological polar surface area (TPSA) is 108 Å². The van der Waals surface area contributed by atoms with Crippen molar-refractivity contribution in [1.29, 1.82) is 0 Å². The van der Waals surface area contributed by atoms with Crippen LogP contribution in [0.4, 0.5) is 20.2 Å². The molecule has 2 saturated heterocycles. The van der Waals surface area contributed by atoms with Gasteiger partial charge >= 0.3 is 5.97 Å². The van der Waals surface area contributed by atoms with E-state index in [2.05, 4.69) is 44.1 Å². The molecule has 218 valence electrons. The first-order chi connectivity index (χ1) is 19.7. The second-order valence-electron chi connectivity index (χ2n) is 10.5. The van der Waals surface area contributed by atoms with Crippen LogP contribution in [0.15, 0.2) is 48.7 Å². The Morgan fingerprint density at radius 3 is 2.44 bits per heavy atom. The lowest BCUT2D eigenvalue weighted by Gasteiger charge is -2.37. The lowest BCUT2D eigenvalue weighted by Crippen LogP contribution is -2.47. The van der Waals surface area contributed by atoms with Crippen molar-refractivity contribution >= 4 is 34.9 Å². The van der Waals surface area contributed by atoms with Crippen molar-refractivity contribution in [1.82, 2.24) is 14.7 Å². The van der Waals surface area contributed by atoms with Gasteiger partial charge in [-0.1, -0.05) is 29.8 Å². The summed E-state index contributed by atoms with van der Waals surface area (Å²) < 4.78 is 28.9. The molecule has 2 aliphatic heterocycles. The summed E-state index contributed by atoms with van der Waals surface area (Å²) in [4.78, 5) is 29.3. The van der Waals surface area contributed by atoms with Crippen molar-refractivity contribution in [2.45, 2.75) is 31.7 Å². The average Bonchev–Trinajstić information content (AvgIpc) is 3.43. The van der Waals surface area contributed by atoms with Crippen LogP contribution in [0.2, 0.25) is 5.02 Å². The molecule has 3 N–H and O–H groups in total. The van der Waals surface area contributed by atoms with Crippen LogP contribution >= 0.6 is 11.6 Å². The SMILES string of the molecule is NC(=O)CCN1CCN(c2ccc(-c3ccc(Cl)cc3N3CCCC(n4ncc(C(=O)O)c4C(F)F)C3)cc2)CC1. The number of halogens is 3. The molecular weight excluding hydrogens is 554 g/mol. The van der Waals surface area contributed by atoms with Crippen molar-refractivity contribution in [2.24, 2.45) is 5.73 Å². The van der Waals surface area contributed by atoms with Crippen molar-refractivity contribution in [3.63, 3.8) is 0 Å². The van der Waals surface area contributed by atoms with Crippen LogP contribution in [0.25, 0.3) is 11.1 Å². The summed E-state index contributed by atoms with van der Waals surface area (Å²) in [6.07, 6.45) is -0.231. The molecule has 2 aliphatic rings.